The largest absolute Gasteiger partial charge is 0.508 e. The second-order valence-electron chi connectivity index (χ2n) is 5.04. The van der Waals surface area contributed by atoms with Crippen molar-refractivity contribution in [3.63, 3.8) is 0 Å². The van der Waals surface area contributed by atoms with E-state index < -0.39 is 0 Å². The number of nitriles is 1. The van der Waals surface area contributed by atoms with Crippen LogP contribution < -0.4 is 15.2 Å². The van der Waals surface area contributed by atoms with Gasteiger partial charge in [0.05, 0.1) is 17.5 Å². The van der Waals surface area contributed by atoms with Gasteiger partial charge in [-0.15, -0.1) is 0 Å². The first-order valence-electron chi connectivity index (χ1n) is 6.79. The van der Waals surface area contributed by atoms with Gasteiger partial charge in [0.25, 0.3) is 0 Å². The van der Waals surface area contributed by atoms with Crippen molar-refractivity contribution < 1.29 is 14.6 Å². The van der Waals surface area contributed by atoms with Gasteiger partial charge in [-0.2, -0.15) is 5.26 Å². The zero-order chi connectivity index (χ0) is 16.6. The molecule has 0 bridgehead atoms. The number of nitrogens with zero attached hydrogens (tertiary/aromatic N) is 1. The molecule has 116 valence electrons. The number of hydrogen-bond donors (Lipinski definition) is 2. The molecule has 6 heteroatoms. The zero-order valence-electron chi connectivity index (χ0n) is 12.2. The summed E-state index contributed by atoms with van der Waals surface area (Å²) in [4.78, 5) is 0. The average molecular weight is 373 g/mol. The van der Waals surface area contributed by atoms with E-state index >= 15 is 0 Å². The first-order valence-corrected chi connectivity index (χ1v) is 7.58. The number of halogens is 1. The number of aromatic hydroxyl groups is 1. The third-order valence-electron chi connectivity index (χ3n) is 3.71. The Morgan fingerprint density at radius 1 is 1.30 bits per heavy atom. The van der Waals surface area contributed by atoms with E-state index in [2.05, 4.69) is 22.0 Å². The molecule has 5 nitrogen and oxygen atoms in total. The smallest absolute Gasteiger partial charge is 0.205 e. The molecule has 3 N–H and O–H groups in total. The molecule has 1 atom stereocenters. The van der Waals surface area contributed by atoms with E-state index in [1.54, 1.807) is 19.2 Å². The molecular formula is C17H13BrN2O3. The Labute approximate surface area is 141 Å². The van der Waals surface area contributed by atoms with Crippen molar-refractivity contribution in [2.75, 3.05) is 7.11 Å². The lowest BCUT2D eigenvalue weighted by molar-refractivity contribution is 0.388. The van der Waals surface area contributed by atoms with Gasteiger partial charge in [-0.1, -0.05) is 12.1 Å². The summed E-state index contributed by atoms with van der Waals surface area (Å²) < 4.78 is 11.5. The summed E-state index contributed by atoms with van der Waals surface area (Å²) in [5.41, 5.74) is 7.86. The summed E-state index contributed by atoms with van der Waals surface area (Å²) in [5, 5.41) is 19.1. The van der Waals surface area contributed by atoms with Crippen LogP contribution in [0.4, 0.5) is 0 Å². The average Bonchev–Trinajstić information content (AvgIpc) is 2.53. The summed E-state index contributed by atoms with van der Waals surface area (Å²) in [5.74, 6) is 0.890. The van der Waals surface area contributed by atoms with Crippen molar-refractivity contribution >= 4 is 15.9 Å². The van der Waals surface area contributed by atoms with Gasteiger partial charge in [0.1, 0.15) is 28.9 Å². The Hall–Kier alpha value is -2.65. The Balaban J connectivity index is 2.20. The highest BCUT2D eigenvalue weighted by atomic mass is 79.9. The molecular weight excluding hydrogens is 360 g/mol. The Bertz CT molecular complexity index is 855. The lowest BCUT2D eigenvalue weighted by atomic mass is 9.83. The zero-order valence-corrected chi connectivity index (χ0v) is 13.8. The van der Waals surface area contributed by atoms with E-state index in [0.717, 1.165) is 15.6 Å². The lowest BCUT2D eigenvalue weighted by Crippen LogP contribution is -2.21. The maximum atomic E-state index is 9.64. The number of ether oxygens (including phenoxy) is 2. The van der Waals surface area contributed by atoms with Crippen LogP contribution in [0.1, 0.15) is 17.0 Å². The molecule has 0 amide bonds. The van der Waals surface area contributed by atoms with Crippen LogP contribution in [0.5, 0.6) is 17.2 Å². The molecule has 0 spiro atoms. The molecule has 0 saturated heterocycles. The van der Waals surface area contributed by atoms with E-state index in [9.17, 15) is 10.4 Å². The molecule has 3 rings (SSSR count). The number of hydrogen-bond acceptors (Lipinski definition) is 5. The molecule has 0 fully saturated rings. The molecule has 0 aromatic heterocycles. The highest BCUT2D eigenvalue weighted by molar-refractivity contribution is 9.10. The topological polar surface area (TPSA) is 88.5 Å². The van der Waals surface area contributed by atoms with Gasteiger partial charge in [-0.25, -0.2) is 0 Å². The van der Waals surface area contributed by atoms with Crippen molar-refractivity contribution in [3.05, 3.63) is 63.5 Å². The number of rotatable bonds is 2. The second-order valence-corrected chi connectivity index (χ2v) is 5.90. The Morgan fingerprint density at radius 3 is 2.74 bits per heavy atom. The van der Waals surface area contributed by atoms with Crippen molar-refractivity contribution in [1.29, 1.82) is 5.26 Å². The van der Waals surface area contributed by atoms with E-state index in [4.69, 9.17) is 15.2 Å². The first-order chi connectivity index (χ1) is 11.0. The number of phenols is 1. The molecule has 2 aromatic rings. The number of allylic oxidation sites excluding steroid dienone is 1. The molecule has 23 heavy (non-hydrogen) atoms. The molecule has 0 aliphatic carbocycles. The lowest BCUT2D eigenvalue weighted by Gasteiger charge is -2.26. The van der Waals surface area contributed by atoms with Crippen molar-refractivity contribution in [1.82, 2.24) is 0 Å². The quantitative estimate of drug-likeness (QED) is 0.843. The van der Waals surface area contributed by atoms with Crippen LogP contribution in [0.25, 0.3) is 0 Å². The van der Waals surface area contributed by atoms with E-state index in [1.165, 1.54) is 6.07 Å². The van der Waals surface area contributed by atoms with Crippen LogP contribution >= 0.6 is 15.9 Å². The molecule has 1 heterocycles. The van der Waals surface area contributed by atoms with Gasteiger partial charge in [-0.3, -0.25) is 0 Å². The first kappa shape index (κ1) is 15.3. The molecule has 1 aliphatic heterocycles. The van der Waals surface area contributed by atoms with Crippen molar-refractivity contribution in [2.45, 2.75) is 5.92 Å². The third kappa shape index (κ3) is 2.60. The van der Waals surface area contributed by atoms with Crippen molar-refractivity contribution in [3.8, 4) is 23.3 Å². The van der Waals surface area contributed by atoms with Crippen molar-refractivity contribution in [2.24, 2.45) is 5.73 Å². The van der Waals surface area contributed by atoms with E-state index in [1.807, 2.05) is 18.2 Å². The SMILES string of the molecule is COc1ccc([C@H]2C(C#N)=C(N)Oc3cc(O)ccc32)cc1Br. The standard InChI is InChI=1S/C17H13BrN2O3/c1-22-14-5-2-9(6-13(14)18)16-11-4-3-10(21)7-15(11)23-17(20)12(16)8-19/h2-7,16,21H,20H2,1H3/t16-/m1/s1. The Morgan fingerprint density at radius 2 is 2.09 bits per heavy atom. The maximum absolute atomic E-state index is 9.64. The summed E-state index contributed by atoms with van der Waals surface area (Å²) >= 11 is 3.46. The van der Waals surface area contributed by atoms with Gasteiger partial charge in [-0.05, 0) is 39.7 Å². The van der Waals surface area contributed by atoms with Gasteiger partial charge in [0.15, 0.2) is 0 Å². The van der Waals surface area contributed by atoms with E-state index in [-0.39, 0.29) is 17.6 Å². The molecule has 0 saturated carbocycles. The third-order valence-corrected chi connectivity index (χ3v) is 4.33. The molecule has 2 aromatic carbocycles. The number of phenolic OH excluding ortho intramolecular Hbond substituents is 1. The minimum absolute atomic E-state index is 0.0440. The molecule has 0 unspecified atom stereocenters. The predicted octanol–water partition coefficient (Wildman–Crippen LogP) is 3.38. The molecule has 0 radical (unpaired) electrons. The van der Waals surface area contributed by atoms with Gasteiger partial charge in [0, 0.05) is 11.6 Å². The number of fused-ring (bicyclic) bond motifs is 1. The predicted molar refractivity (Wildman–Crippen MR) is 88.1 cm³/mol. The van der Waals surface area contributed by atoms with Gasteiger partial charge in [0.2, 0.25) is 5.88 Å². The van der Waals surface area contributed by atoms with E-state index in [0.29, 0.717) is 17.1 Å². The summed E-state index contributed by atoms with van der Waals surface area (Å²) in [6.45, 7) is 0. The second kappa shape index (κ2) is 5.86. The van der Waals surface area contributed by atoms with Crippen LogP contribution in [0.2, 0.25) is 0 Å². The monoisotopic (exact) mass is 372 g/mol. The number of nitrogens with two attached hydrogens (primary N) is 1. The van der Waals surface area contributed by atoms with Crippen LogP contribution in [0.15, 0.2) is 52.3 Å². The summed E-state index contributed by atoms with van der Waals surface area (Å²) in [6.07, 6.45) is 0. The molecule has 1 aliphatic rings. The van der Waals surface area contributed by atoms with Crippen LogP contribution in [0, 0.1) is 11.3 Å². The number of methoxy groups -OCH3 is 1. The van der Waals surface area contributed by atoms with Crippen LogP contribution in [0.3, 0.4) is 0 Å². The van der Waals surface area contributed by atoms with Crippen LogP contribution in [-0.2, 0) is 0 Å². The normalized spacial score (nSPS) is 16.3. The highest BCUT2D eigenvalue weighted by Gasteiger charge is 2.31. The van der Waals surface area contributed by atoms with Gasteiger partial charge >= 0.3 is 0 Å². The van der Waals surface area contributed by atoms with Gasteiger partial charge < -0.3 is 20.3 Å². The fourth-order valence-electron chi connectivity index (χ4n) is 2.65. The summed E-state index contributed by atoms with van der Waals surface area (Å²) in [6, 6.07) is 12.5. The highest BCUT2D eigenvalue weighted by Crippen LogP contribution is 2.44. The Kier molecular flexibility index (Phi) is 3.89. The fraction of sp³-hybridized carbons (Fsp3) is 0.118. The maximum Gasteiger partial charge on any atom is 0.205 e. The number of benzene rings is 2. The van der Waals surface area contributed by atoms with Crippen LogP contribution in [-0.4, -0.2) is 12.2 Å². The minimum Gasteiger partial charge on any atom is -0.508 e. The minimum atomic E-state index is -0.369. The summed E-state index contributed by atoms with van der Waals surface area (Å²) in [7, 11) is 1.59. The fourth-order valence-corrected chi connectivity index (χ4v) is 3.21.